The van der Waals surface area contributed by atoms with Crippen LogP contribution in [0.4, 0.5) is 0 Å². The van der Waals surface area contributed by atoms with Crippen LogP contribution in [-0.2, 0) is 0 Å². The molecule has 0 heterocycles. The van der Waals surface area contributed by atoms with Crippen LogP contribution in [0.3, 0.4) is 0 Å². The smallest absolute Gasteiger partial charge is 0.0334 e. The van der Waals surface area contributed by atoms with Crippen LogP contribution < -0.4 is 5.32 Å². The molecule has 0 radical (unpaired) electrons. The van der Waals surface area contributed by atoms with E-state index in [0.717, 1.165) is 6.42 Å². The predicted molar refractivity (Wildman–Crippen MR) is 51.4 cm³/mol. The zero-order valence-corrected chi connectivity index (χ0v) is 7.59. The molecular formula is C10H17N. The van der Waals surface area contributed by atoms with Gasteiger partial charge >= 0.3 is 0 Å². The number of nitrogens with one attached hydrogen (secondary N) is 1. The van der Waals surface area contributed by atoms with Gasteiger partial charge in [0.15, 0.2) is 0 Å². The van der Waals surface area contributed by atoms with Crippen molar-refractivity contribution >= 4 is 0 Å². The van der Waals surface area contributed by atoms with Gasteiger partial charge in [-0.3, -0.25) is 0 Å². The van der Waals surface area contributed by atoms with E-state index >= 15 is 0 Å². The molecule has 0 aromatic rings. The molecule has 0 saturated carbocycles. The van der Waals surface area contributed by atoms with Crippen molar-refractivity contribution in [3.05, 3.63) is 36.1 Å². The Hall–Kier alpha value is -0.980. The first kappa shape index (κ1) is 10.0. The van der Waals surface area contributed by atoms with Crippen molar-refractivity contribution in [2.24, 2.45) is 0 Å². The van der Waals surface area contributed by atoms with E-state index in [0.29, 0.717) is 0 Å². The zero-order chi connectivity index (χ0) is 8.53. The van der Waals surface area contributed by atoms with Crippen LogP contribution in [0.25, 0.3) is 0 Å². The number of hydrogen-bond acceptors (Lipinski definition) is 1. The molecule has 1 N–H and O–H groups in total. The molecule has 1 rings (SSSR count). The maximum absolute atomic E-state index is 3.07. The van der Waals surface area contributed by atoms with Gasteiger partial charge in [0.25, 0.3) is 0 Å². The van der Waals surface area contributed by atoms with Crippen LogP contribution in [0.2, 0.25) is 0 Å². The Morgan fingerprint density at radius 1 is 1.27 bits per heavy atom. The quantitative estimate of drug-likeness (QED) is 0.607. The Labute approximate surface area is 69.5 Å². The van der Waals surface area contributed by atoms with Gasteiger partial charge in [-0.2, -0.15) is 0 Å². The summed E-state index contributed by atoms with van der Waals surface area (Å²) >= 11 is 0. The Morgan fingerprint density at radius 2 is 2.00 bits per heavy atom. The maximum Gasteiger partial charge on any atom is 0.0334 e. The van der Waals surface area contributed by atoms with Crippen molar-refractivity contribution in [1.82, 2.24) is 5.32 Å². The number of likely N-dealkylation sites (N-methyl/N-ethyl adjacent to an activating group) is 1. The van der Waals surface area contributed by atoms with E-state index < -0.39 is 0 Å². The molecule has 1 aliphatic carbocycles. The molecule has 0 aliphatic heterocycles. The maximum atomic E-state index is 3.07. The fourth-order valence-electron chi connectivity index (χ4n) is 0.746. The molecule has 1 aliphatic rings. The van der Waals surface area contributed by atoms with Crippen molar-refractivity contribution in [2.75, 3.05) is 7.05 Å². The van der Waals surface area contributed by atoms with E-state index in [1.54, 1.807) is 0 Å². The fraction of sp³-hybridized carbons (Fsp3) is 0.400. The second-order valence-electron chi connectivity index (χ2n) is 1.94. The monoisotopic (exact) mass is 151 g/mol. The van der Waals surface area contributed by atoms with E-state index in [-0.39, 0.29) is 0 Å². The summed E-state index contributed by atoms with van der Waals surface area (Å²) in [5, 5.41) is 3.07. The second-order valence-corrected chi connectivity index (χ2v) is 1.94. The average molecular weight is 151 g/mol. The van der Waals surface area contributed by atoms with Gasteiger partial charge in [-0.25, -0.2) is 0 Å². The van der Waals surface area contributed by atoms with Gasteiger partial charge in [0.2, 0.25) is 0 Å². The molecular weight excluding hydrogens is 134 g/mol. The SMILES string of the molecule is CC.CNC1=CC=CCC=C1. The third-order valence-corrected chi connectivity index (χ3v) is 1.27. The second kappa shape index (κ2) is 7.13. The summed E-state index contributed by atoms with van der Waals surface area (Å²) in [7, 11) is 1.93. The van der Waals surface area contributed by atoms with E-state index in [2.05, 4.69) is 35.7 Å². The largest absolute Gasteiger partial charge is 0.388 e. The molecule has 11 heavy (non-hydrogen) atoms. The lowest BCUT2D eigenvalue weighted by atomic mass is 10.3. The summed E-state index contributed by atoms with van der Waals surface area (Å²) in [6, 6.07) is 0. The number of rotatable bonds is 1. The molecule has 1 nitrogen and oxygen atoms in total. The van der Waals surface area contributed by atoms with Gasteiger partial charge in [0.05, 0.1) is 0 Å². The highest BCUT2D eigenvalue weighted by atomic mass is 14.8. The first-order valence-corrected chi connectivity index (χ1v) is 4.14. The normalized spacial score (nSPS) is 14.3. The highest BCUT2D eigenvalue weighted by Crippen LogP contribution is 1.99. The number of hydrogen-bond donors (Lipinski definition) is 1. The number of allylic oxidation sites excluding steroid dienone is 5. The summed E-state index contributed by atoms with van der Waals surface area (Å²) in [6.45, 7) is 4.00. The molecule has 62 valence electrons. The minimum absolute atomic E-state index is 1.04. The Balaban J connectivity index is 0.000000461. The minimum Gasteiger partial charge on any atom is -0.388 e. The van der Waals surface area contributed by atoms with Crippen LogP contribution >= 0.6 is 0 Å². The molecule has 1 heteroatoms. The van der Waals surface area contributed by atoms with Gasteiger partial charge in [0, 0.05) is 12.7 Å². The fourth-order valence-corrected chi connectivity index (χ4v) is 0.746. The van der Waals surface area contributed by atoms with Gasteiger partial charge in [-0.15, -0.1) is 0 Å². The van der Waals surface area contributed by atoms with Gasteiger partial charge in [0.1, 0.15) is 0 Å². The van der Waals surface area contributed by atoms with Crippen molar-refractivity contribution in [1.29, 1.82) is 0 Å². The minimum atomic E-state index is 1.04. The van der Waals surface area contributed by atoms with E-state index in [1.165, 1.54) is 5.70 Å². The van der Waals surface area contributed by atoms with E-state index in [1.807, 2.05) is 20.9 Å². The molecule has 0 fully saturated rings. The standard InChI is InChI=1S/C8H11N.C2H6/c1-9-8-6-4-2-3-5-7-8;1-2/h2,4-7,9H,3H2,1H3;1-2H3. The lowest BCUT2D eigenvalue weighted by Gasteiger charge is -1.94. The molecule has 0 atom stereocenters. The predicted octanol–water partition coefficient (Wildman–Crippen LogP) is 2.63. The molecule has 0 amide bonds. The Kier molecular flexibility index (Phi) is 6.50. The summed E-state index contributed by atoms with van der Waals surface area (Å²) in [6.07, 6.45) is 11.5. The molecule has 0 spiro atoms. The average Bonchev–Trinajstić information content (AvgIpc) is 2.35. The van der Waals surface area contributed by atoms with Crippen LogP contribution in [0.5, 0.6) is 0 Å². The van der Waals surface area contributed by atoms with Crippen molar-refractivity contribution in [2.45, 2.75) is 20.3 Å². The van der Waals surface area contributed by atoms with Gasteiger partial charge in [-0.1, -0.05) is 32.1 Å². The van der Waals surface area contributed by atoms with Crippen molar-refractivity contribution < 1.29 is 0 Å². The molecule has 0 bridgehead atoms. The first-order chi connectivity index (χ1) is 5.43. The third-order valence-electron chi connectivity index (χ3n) is 1.27. The lowest BCUT2D eigenvalue weighted by Crippen LogP contribution is -2.01. The Bertz CT molecular complexity index is 164. The zero-order valence-electron chi connectivity index (χ0n) is 7.59. The van der Waals surface area contributed by atoms with Gasteiger partial charge in [-0.05, 0) is 18.6 Å². The van der Waals surface area contributed by atoms with Crippen molar-refractivity contribution in [3.8, 4) is 0 Å². The topological polar surface area (TPSA) is 12.0 Å². The molecule has 0 unspecified atom stereocenters. The summed E-state index contributed by atoms with van der Waals surface area (Å²) < 4.78 is 0. The lowest BCUT2D eigenvalue weighted by molar-refractivity contribution is 1.03. The highest BCUT2D eigenvalue weighted by Gasteiger charge is 1.85. The summed E-state index contributed by atoms with van der Waals surface area (Å²) in [4.78, 5) is 0. The molecule has 0 aromatic carbocycles. The van der Waals surface area contributed by atoms with Crippen LogP contribution in [0.15, 0.2) is 36.1 Å². The van der Waals surface area contributed by atoms with E-state index in [9.17, 15) is 0 Å². The van der Waals surface area contributed by atoms with Crippen molar-refractivity contribution in [3.63, 3.8) is 0 Å². The third kappa shape index (κ3) is 4.43. The van der Waals surface area contributed by atoms with Crippen LogP contribution in [0, 0.1) is 0 Å². The summed E-state index contributed by atoms with van der Waals surface area (Å²) in [5.41, 5.74) is 1.17. The summed E-state index contributed by atoms with van der Waals surface area (Å²) in [5.74, 6) is 0. The van der Waals surface area contributed by atoms with Crippen LogP contribution in [0.1, 0.15) is 20.3 Å². The van der Waals surface area contributed by atoms with Gasteiger partial charge < -0.3 is 5.32 Å². The molecule has 0 saturated heterocycles. The Morgan fingerprint density at radius 3 is 2.64 bits per heavy atom. The molecule has 0 aromatic heterocycles. The van der Waals surface area contributed by atoms with Crippen LogP contribution in [-0.4, -0.2) is 7.05 Å². The highest BCUT2D eigenvalue weighted by molar-refractivity contribution is 5.25. The first-order valence-electron chi connectivity index (χ1n) is 4.14. The van der Waals surface area contributed by atoms with E-state index in [4.69, 9.17) is 0 Å².